The van der Waals surface area contributed by atoms with E-state index in [1.54, 1.807) is 6.92 Å². The van der Waals surface area contributed by atoms with Gasteiger partial charge in [0.25, 0.3) is 0 Å². The smallest absolute Gasteiger partial charge is 0.236 e. The van der Waals surface area contributed by atoms with Crippen molar-refractivity contribution < 1.29 is 13.2 Å². The Morgan fingerprint density at radius 3 is 2.67 bits per heavy atom. The molecule has 1 aliphatic heterocycles. The van der Waals surface area contributed by atoms with E-state index in [2.05, 4.69) is 10.6 Å². The van der Waals surface area contributed by atoms with Gasteiger partial charge in [0.05, 0.1) is 17.5 Å². The SMILES string of the molecule is CCNC(=O)C(C)NC1CCS(=O)(=O)C1. The summed E-state index contributed by atoms with van der Waals surface area (Å²) in [5.41, 5.74) is 0. The number of carbonyl (C=O) groups is 1. The van der Waals surface area contributed by atoms with E-state index < -0.39 is 9.84 Å². The van der Waals surface area contributed by atoms with Crippen LogP contribution in [0.5, 0.6) is 0 Å². The van der Waals surface area contributed by atoms with Crippen LogP contribution in [0, 0.1) is 0 Å². The van der Waals surface area contributed by atoms with Gasteiger partial charge in [0.1, 0.15) is 0 Å². The molecule has 0 spiro atoms. The van der Waals surface area contributed by atoms with Crippen molar-refractivity contribution >= 4 is 15.7 Å². The zero-order chi connectivity index (χ0) is 11.5. The Balaban J connectivity index is 2.40. The van der Waals surface area contributed by atoms with Crippen molar-refractivity contribution in [3.63, 3.8) is 0 Å². The highest BCUT2D eigenvalue weighted by molar-refractivity contribution is 7.91. The van der Waals surface area contributed by atoms with E-state index in [4.69, 9.17) is 0 Å². The van der Waals surface area contributed by atoms with Crippen molar-refractivity contribution in [3.8, 4) is 0 Å². The van der Waals surface area contributed by atoms with E-state index in [1.165, 1.54) is 0 Å². The first-order valence-electron chi connectivity index (χ1n) is 5.19. The van der Waals surface area contributed by atoms with Gasteiger partial charge in [-0.2, -0.15) is 0 Å². The highest BCUT2D eigenvalue weighted by Gasteiger charge is 2.29. The van der Waals surface area contributed by atoms with Gasteiger partial charge in [0, 0.05) is 12.6 Å². The van der Waals surface area contributed by atoms with Crippen LogP contribution < -0.4 is 10.6 Å². The van der Waals surface area contributed by atoms with Gasteiger partial charge >= 0.3 is 0 Å². The van der Waals surface area contributed by atoms with Crippen molar-refractivity contribution in [2.24, 2.45) is 0 Å². The van der Waals surface area contributed by atoms with Crippen molar-refractivity contribution in [3.05, 3.63) is 0 Å². The number of sulfone groups is 1. The quantitative estimate of drug-likeness (QED) is 0.673. The number of hydrogen-bond donors (Lipinski definition) is 2. The fourth-order valence-corrected chi connectivity index (χ4v) is 3.37. The second kappa shape index (κ2) is 4.94. The molecular weight excluding hydrogens is 216 g/mol. The lowest BCUT2D eigenvalue weighted by molar-refractivity contribution is -0.122. The molecule has 6 heteroatoms. The van der Waals surface area contributed by atoms with Gasteiger partial charge in [-0.3, -0.25) is 4.79 Å². The van der Waals surface area contributed by atoms with Crippen molar-refractivity contribution in [1.82, 2.24) is 10.6 Å². The van der Waals surface area contributed by atoms with Crippen LogP contribution in [-0.2, 0) is 14.6 Å². The highest BCUT2D eigenvalue weighted by Crippen LogP contribution is 2.11. The van der Waals surface area contributed by atoms with Crippen LogP contribution in [-0.4, -0.2) is 44.5 Å². The number of rotatable bonds is 4. The first-order valence-corrected chi connectivity index (χ1v) is 7.01. The molecule has 0 radical (unpaired) electrons. The lowest BCUT2D eigenvalue weighted by atomic mass is 10.2. The third kappa shape index (κ3) is 3.79. The van der Waals surface area contributed by atoms with E-state index in [0.717, 1.165) is 0 Å². The summed E-state index contributed by atoms with van der Waals surface area (Å²) in [6.45, 7) is 4.19. The Kier molecular flexibility index (Phi) is 4.10. The fourth-order valence-electron chi connectivity index (χ4n) is 1.68. The zero-order valence-corrected chi connectivity index (χ0v) is 9.93. The molecule has 2 unspecified atom stereocenters. The van der Waals surface area contributed by atoms with Crippen LogP contribution in [0.15, 0.2) is 0 Å². The minimum atomic E-state index is -2.87. The molecule has 2 N–H and O–H groups in total. The third-order valence-electron chi connectivity index (χ3n) is 2.46. The Labute approximate surface area is 90.5 Å². The largest absolute Gasteiger partial charge is 0.355 e. The van der Waals surface area contributed by atoms with E-state index >= 15 is 0 Å². The minimum Gasteiger partial charge on any atom is -0.355 e. The number of nitrogens with one attached hydrogen (secondary N) is 2. The summed E-state index contributed by atoms with van der Waals surface area (Å²) in [6.07, 6.45) is 0.603. The molecule has 1 saturated heterocycles. The second-order valence-corrected chi connectivity index (χ2v) is 6.11. The van der Waals surface area contributed by atoms with E-state index in [-0.39, 0.29) is 29.5 Å². The lowest BCUT2D eigenvalue weighted by Crippen LogP contribution is -2.46. The van der Waals surface area contributed by atoms with Crippen LogP contribution >= 0.6 is 0 Å². The Morgan fingerprint density at radius 2 is 2.20 bits per heavy atom. The normalized spacial score (nSPS) is 26.1. The maximum atomic E-state index is 11.4. The van der Waals surface area contributed by atoms with Gasteiger partial charge in [0.2, 0.25) is 5.91 Å². The van der Waals surface area contributed by atoms with E-state index in [9.17, 15) is 13.2 Å². The summed E-state index contributed by atoms with van der Waals surface area (Å²) in [6, 6.07) is -0.407. The maximum Gasteiger partial charge on any atom is 0.236 e. The van der Waals surface area contributed by atoms with E-state index in [0.29, 0.717) is 13.0 Å². The van der Waals surface area contributed by atoms with Crippen molar-refractivity contribution in [1.29, 1.82) is 0 Å². The summed E-state index contributed by atoms with van der Waals surface area (Å²) in [5, 5.41) is 5.72. The molecule has 1 aliphatic rings. The molecule has 1 fully saturated rings. The monoisotopic (exact) mass is 234 g/mol. The average molecular weight is 234 g/mol. The third-order valence-corrected chi connectivity index (χ3v) is 4.23. The zero-order valence-electron chi connectivity index (χ0n) is 9.12. The molecule has 88 valence electrons. The summed E-state index contributed by atoms with van der Waals surface area (Å²) >= 11 is 0. The number of hydrogen-bond acceptors (Lipinski definition) is 4. The fraction of sp³-hybridized carbons (Fsp3) is 0.889. The molecule has 15 heavy (non-hydrogen) atoms. The molecule has 0 bridgehead atoms. The molecule has 0 aromatic carbocycles. The molecule has 0 aliphatic carbocycles. The Bertz CT molecular complexity index is 326. The maximum absolute atomic E-state index is 11.4. The summed E-state index contributed by atoms with van der Waals surface area (Å²) in [7, 11) is -2.87. The first kappa shape index (κ1) is 12.4. The summed E-state index contributed by atoms with van der Waals surface area (Å²) in [4.78, 5) is 11.4. The highest BCUT2D eigenvalue weighted by atomic mass is 32.2. The van der Waals surface area contributed by atoms with Crippen LogP contribution in [0.25, 0.3) is 0 Å². The number of carbonyl (C=O) groups excluding carboxylic acids is 1. The van der Waals surface area contributed by atoms with Crippen molar-refractivity contribution in [2.45, 2.75) is 32.4 Å². The van der Waals surface area contributed by atoms with Gasteiger partial charge < -0.3 is 10.6 Å². The summed E-state index contributed by atoms with van der Waals surface area (Å²) < 4.78 is 22.4. The summed E-state index contributed by atoms with van der Waals surface area (Å²) in [5.74, 6) is 0.297. The van der Waals surface area contributed by atoms with E-state index in [1.807, 2.05) is 6.92 Å². The Morgan fingerprint density at radius 1 is 1.53 bits per heavy atom. The first-order chi connectivity index (χ1) is 6.94. The predicted octanol–water partition coefficient (Wildman–Crippen LogP) is -0.712. The average Bonchev–Trinajstić information content (AvgIpc) is 2.46. The molecular formula is C9H18N2O3S. The molecule has 0 aromatic heterocycles. The van der Waals surface area contributed by atoms with Gasteiger partial charge in [0.15, 0.2) is 9.84 Å². The molecule has 2 atom stereocenters. The van der Waals surface area contributed by atoms with Gasteiger partial charge in [-0.1, -0.05) is 0 Å². The molecule has 1 heterocycles. The van der Waals surface area contributed by atoms with Crippen LogP contribution in [0.2, 0.25) is 0 Å². The van der Waals surface area contributed by atoms with Crippen LogP contribution in [0.4, 0.5) is 0 Å². The standard InChI is InChI=1S/C9H18N2O3S/c1-3-10-9(12)7(2)11-8-4-5-15(13,14)6-8/h7-8,11H,3-6H2,1-2H3,(H,10,12). The van der Waals surface area contributed by atoms with Gasteiger partial charge in [-0.25, -0.2) is 8.42 Å². The number of likely N-dealkylation sites (N-methyl/N-ethyl adjacent to an activating group) is 1. The molecule has 0 saturated carbocycles. The molecule has 5 nitrogen and oxygen atoms in total. The molecule has 0 aromatic rings. The second-order valence-electron chi connectivity index (χ2n) is 3.88. The molecule has 1 rings (SSSR count). The lowest BCUT2D eigenvalue weighted by Gasteiger charge is -2.17. The van der Waals surface area contributed by atoms with Gasteiger partial charge in [-0.05, 0) is 20.3 Å². The Hall–Kier alpha value is -0.620. The minimum absolute atomic E-state index is 0.0763. The topological polar surface area (TPSA) is 75.3 Å². The van der Waals surface area contributed by atoms with Crippen LogP contribution in [0.3, 0.4) is 0 Å². The van der Waals surface area contributed by atoms with Gasteiger partial charge in [-0.15, -0.1) is 0 Å². The molecule has 1 amide bonds. The van der Waals surface area contributed by atoms with Crippen LogP contribution in [0.1, 0.15) is 20.3 Å². The predicted molar refractivity (Wildman–Crippen MR) is 58.3 cm³/mol. The number of amides is 1. The van der Waals surface area contributed by atoms with Crippen molar-refractivity contribution in [2.75, 3.05) is 18.1 Å².